The topological polar surface area (TPSA) is 20.2 Å². The van der Waals surface area contributed by atoms with E-state index in [1.165, 1.54) is 17.4 Å². The van der Waals surface area contributed by atoms with E-state index >= 15 is 0 Å². The molecule has 2 rings (SSSR count). The van der Waals surface area contributed by atoms with Crippen LogP contribution in [0.3, 0.4) is 0 Å². The largest absolute Gasteiger partial charge is 0.507 e. The van der Waals surface area contributed by atoms with Crippen molar-refractivity contribution in [2.45, 2.75) is 26.7 Å². The van der Waals surface area contributed by atoms with Crippen molar-refractivity contribution < 1.29 is 5.11 Å². The molecule has 0 aliphatic heterocycles. The molecule has 0 amide bonds. The lowest BCUT2D eigenvalue weighted by Crippen LogP contribution is -1.93. The molecule has 2 aromatic carbocycles. The molecule has 0 atom stereocenters. The van der Waals surface area contributed by atoms with Crippen LogP contribution in [0.25, 0.3) is 10.8 Å². The minimum Gasteiger partial charge on any atom is -0.507 e. The average Bonchev–Trinajstić information content (AvgIpc) is 2.28. The highest BCUT2D eigenvalue weighted by molar-refractivity contribution is 5.90. The molecule has 0 heterocycles. The summed E-state index contributed by atoms with van der Waals surface area (Å²) in [7, 11) is 0. The number of phenolic OH excluding ortho intramolecular Hbond substituents is 1. The molecule has 1 N–H and O–H groups in total. The number of hydrogen-bond donors (Lipinski definition) is 1. The second-order valence-corrected chi connectivity index (χ2v) is 4.72. The molecule has 0 aliphatic rings. The van der Waals surface area contributed by atoms with Gasteiger partial charge in [0.15, 0.2) is 0 Å². The van der Waals surface area contributed by atoms with Crippen LogP contribution in [0.4, 0.5) is 0 Å². The second kappa shape index (κ2) is 4.56. The Morgan fingerprint density at radius 2 is 1.69 bits per heavy atom. The van der Waals surface area contributed by atoms with Crippen LogP contribution in [0.1, 0.15) is 25.8 Å². The molecule has 0 saturated carbocycles. The fourth-order valence-electron chi connectivity index (χ4n) is 2.01. The van der Waals surface area contributed by atoms with Gasteiger partial charge in [-0.25, -0.2) is 0 Å². The third kappa shape index (κ3) is 2.19. The van der Waals surface area contributed by atoms with Gasteiger partial charge in [0, 0.05) is 5.39 Å². The first-order valence-electron chi connectivity index (χ1n) is 5.88. The van der Waals surface area contributed by atoms with Crippen molar-refractivity contribution in [3.05, 3.63) is 42.0 Å². The van der Waals surface area contributed by atoms with Gasteiger partial charge >= 0.3 is 0 Å². The van der Waals surface area contributed by atoms with E-state index in [-0.39, 0.29) is 0 Å². The zero-order chi connectivity index (χ0) is 11.5. The molecule has 2 aromatic rings. The van der Waals surface area contributed by atoms with Crippen molar-refractivity contribution in [3.8, 4) is 5.75 Å². The second-order valence-electron chi connectivity index (χ2n) is 4.72. The smallest absolute Gasteiger partial charge is 0.123 e. The number of fused-ring (bicyclic) bond motifs is 1. The average molecular weight is 214 g/mol. The molecule has 0 radical (unpaired) electrons. The molecule has 1 heteroatoms. The first-order chi connectivity index (χ1) is 7.68. The van der Waals surface area contributed by atoms with E-state index < -0.39 is 0 Å². The molecule has 0 unspecified atom stereocenters. The Hall–Kier alpha value is -1.50. The van der Waals surface area contributed by atoms with Crippen molar-refractivity contribution in [1.82, 2.24) is 0 Å². The monoisotopic (exact) mass is 214 g/mol. The molecule has 0 aromatic heterocycles. The highest BCUT2D eigenvalue weighted by atomic mass is 16.3. The Balaban J connectivity index is 2.42. The maximum atomic E-state index is 9.77. The SMILES string of the molecule is CC(C)CCc1ccc(O)c2ccccc12. The minimum absolute atomic E-state index is 0.379. The van der Waals surface area contributed by atoms with E-state index in [9.17, 15) is 5.11 Å². The molecule has 0 bridgehead atoms. The summed E-state index contributed by atoms with van der Waals surface area (Å²) in [6.45, 7) is 4.48. The van der Waals surface area contributed by atoms with Crippen LogP contribution < -0.4 is 0 Å². The van der Waals surface area contributed by atoms with E-state index in [1.54, 1.807) is 6.07 Å². The van der Waals surface area contributed by atoms with Crippen LogP contribution in [-0.4, -0.2) is 5.11 Å². The first-order valence-corrected chi connectivity index (χ1v) is 5.88. The summed E-state index contributed by atoms with van der Waals surface area (Å²) in [4.78, 5) is 0. The maximum Gasteiger partial charge on any atom is 0.123 e. The van der Waals surface area contributed by atoms with Gasteiger partial charge in [-0.05, 0) is 35.8 Å². The zero-order valence-electron chi connectivity index (χ0n) is 9.90. The lowest BCUT2D eigenvalue weighted by Gasteiger charge is -2.09. The Morgan fingerprint density at radius 3 is 2.38 bits per heavy atom. The summed E-state index contributed by atoms with van der Waals surface area (Å²) in [6, 6.07) is 11.9. The summed E-state index contributed by atoms with van der Waals surface area (Å²) >= 11 is 0. The lowest BCUT2D eigenvalue weighted by molar-refractivity contribution is 0.481. The van der Waals surface area contributed by atoms with Crippen molar-refractivity contribution in [3.63, 3.8) is 0 Å². The Morgan fingerprint density at radius 1 is 1.00 bits per heavy atom. The van der Waals surface area contributed by atoms with Gasteiger partial charge in [0.1, 0.15) is 5.75 Å². The van der Waals surface area contributed by atoms with Gasteiger partial charge in [-0.3, -0.25) is 0 Å². The molecule has 16 heavy (non-hydrogen) atoms. The van der Waals surface area contributed by atoms with Crippen LogP contribution in [0.15, 0.2) is 36.4 Å². The Bertz CT molecular complexity index is 486. The lowest BCUT2D eigenvalue weighted by atomic mass is 9.97. The summed E-state index contributed by atoms with van der Waals surface area (Å²) in [5.74, 6) is 1.09. The molecule has 0 fully saturated rings. The van der Waals surface area contributed by atoms with E-state index in [1.807, 2.05) is 24.3 Å². The van der Waals surface area contributed by atoms with Gasteiger partial charge in [0.25, 0.3) is 0 Å². The van der Waals surface area contributed by atoms with Crippen molar-refractivity contribution in [2.75, 3.05) is 0 Å². The third-order valence-electron chi connectivity index (χ3n) is 2.98. The van der Waals surface area contributed by atoms with Crippen LogP contribution in [0.5, 0.6) is 5.75 Å². The number of benzene rings is 2. The van der Waals surface area contributed by atoms with Gasteiger partial charge in [0.2, 0.25) is 0 Å². The molecule has 1 nitrogen and oxygen atoms in total. The maximum absolute atomic E-state index is 9.77. The standard InChI is InChI=1S/C15H18O/c1-11(2)7-8-12-9-10-15(16)14-6-4-3-5-13(12)14/h3-6,9-11,16H,7-8H2,1-2H3. The summed E-state index contributed by atoms with van der Waals surface area (Å²) < 4.78 is 0. The van der Waals surface area contributed by atoms with Crippen LogP contribution in [0.2, 0.25) is 0 Å². The van der Waals surface area contributed by atoms with E-state index in [2.05, 4.69) is 19.9 Å². The van der Waals surface area contributed by atoms with Gasteiger partial charge in [-0.1, -0.05) is 44.2 Å². The van der Waals surface area contributed by atoms with E-state index in [4.69, 9.17) is 0 Å². The highest BCUT2D eigenvalue weighted by Crippen LogP contribution is 2.28. The van der Waals surface area contributed by atoms with Gasteiger partial charge < -0.3 is 5.11 Å². The predicted molar refractivity (Wildman–Crippen MR) is 68.8 cm³/mol. The van der Waals surface area contributed by atoms with Crippen LogP contribution in [0, 0.1) is 5.92 Å². The van der Waals surface area contributed by atoms with Crippen LogP contribution in [-0.2, 0) is 6.42 Å². The fourth-order valence-corrected chi connectivity index (χ4v) is 2.01. The summed E-state index contributed by atoms with van der Waals surface area (Å²) in [5.41, 5.74) is 1.34. The van der Waals surface area contributed by atoms with Crippen molar-refractivity contribution in [1.29, 1.82) is 0 Å². The molecule has 0 aliphatic carbocycles. The summed E-state index contributed by atoms with van der Waals surface area (Å²) in [5, 5.41) is 11.9. The summed E-state index contributed by atoms with van der Waals surface area (Å²) in [6.07, 6.45) is 2.27. The molecule has 0 saturated heterocycles. The molecule has 84 valence electrons. The van der Waals surface area contributed by atoms with Crippen LogP contribution >= 0.6 is 0 Å². The normalized spacial score (nSPS) is 11.2. The predicted octanol–water partition coefficient (Wildman–Crippen LogP) is 4.13. The van der Waals surface area contributed by atoms with Gasteiger partial charge in [-0.15, -0.1) is 0 Å². The first kappa shape index (κ1) is 11.0. The fraction of sp³-hybridized carbons (Fsp3) is 0.333. The Labute approximate surface area is 96.7 Å². The number of rotatable bonds is 3. The number of aryl methyl sites for hydroxylation is 1. The third-order valence-corrected chi connectivity index (χ3v) is 2.98. The number of hydrogen-bond acceptors (Lipinski definition) is 1. The molecular formula is C15H18O. The van der Waals surface area contributed by atoms with Gasteiger partial charge in [-0.2, -0.15) is 0 Å². The van der Waals surface area contributed by atoms with Crippen molar-refractivity contribution >= 4 is 10.8 Å². The minimum atomic E-state index is 0.379. The molecule has 0 spiro atoms. The molecular weight excluding hydrogens is 196 g/mol. The van der Waals surface area contributed by atoms with Crippen molar-refractivity contribution in [2.24, 2.45) is 5.92 Å². The van der Waals surface area contributed by atoms with E-state index in [0.29, 0.717) is 11.7 Å². The number of aromatic hydroxyl groups is 1. The van der Waals surface area contributed by atoms with E-state index in [0.717, 1.165) is 11.8 Å². The quantitative estimate of drug-likeness (QED) is 0.814. The Kier molecular flexibility index (Phi) is 3.14. The zero-order valence-corrected chi connectivity index (χ0v) is 9.90. The highest BCUT2D eigenvalue weighted by Gasteiger charge is 2.05. The van der Waals surface area contributed by atoms with Gasteiger partial charge in [0.05, 0.1) is 0 Å². The number of phenols is 1.